The van der Waals surface area contributed by atoms with Crippen LogP contribution in [-0.2, 0) is 0 Å². The molecule has 0 saturated heterocycles. The molecular weight excluding hydrogens is 254 g/mol. The zero-order valence-electron chi connectivity index (χ0n) is 12.2. The van der Waals surface area contributed by atoms with Crippen LogP contribution in [0.25, 0.3) is 11.6 Å². The summed E-state index contributed by atoms with van der Waals surface area (Å²) in [6, 6.07) is 18.8. The number of nitrogen functional groups attached to an aromatic ring is 1. The third-order valence-corrected chi connectivity index (χ3v) is 4.07. The van der Waals surface area contributed by atoms with Crippen LogP contribution in [-0.4, -0.2) is 0 Å². The van der Waals surface area contributed by atoms with E-state index < -0.39 is 0 Å². The van der Waals surface area contributed by atoms with Crippen LogP contribution in [0, 0.1) is 5.92 Å². The first-order valence-corrected chi connectivity index (χ1v) is 7.60. The van der Waals surface area contributed by atoms with Gasteiger partial charge in [-0.3, -0.25) is 0 Å². The summed E-state index contributed by atoms with van der Waals surface area (Å²) >= 11 is 0. The van der Waals surface area contributed by atoms with Crippen molar-refractivity contribution in [2.24, 2.45) is 5.92 Å². The summed E-state index contributed by atoms with van der Waals surface area (Å²) < 4.78 is 0. The molecule has 0 aromatic heterocycles. The number of rotatable bonds is 3. The number of hydrogen-bond donors (Lipinski definition) is 1. The maximum Gasteiger partial charge on any atom is 0.0314 e. The van der Waals surface area contributed by atoms with Crippen LogP contribution in [0.2, 0.25) is 0 Å². The summed E-state index contributed by atoms with van der Waals surface area (Å²) in [6.45, 7) is 0. The lowest BCUT2D eigenvalue weighted by Crippen LogP contribution is -2.05. The van der Waals surface area contributed by atoms with Gasteiger partial charge in [0.1, 0.15) is 0 Å². The lowest BCUT2D eigenvalue weighted by Gasteiger charge is -2.22. The molecule has 1 aliphatic rings. The second kappa shape index (κ2) is 6.45. The Kier molecular flexibility index (Phi) is 4.20. The van der Waals surface area contributed by atoms with E-state index in [-0.39, 0.29) is 0 Å². The zero-order chi connectivity index (χ0) is 14.5. The zero-order valence-corrected chi connectivity index (χ0v) is 12.2. The average molecular weight is 275 g/mol. The molecule has 0 heterocycles. The van der Waals surface area contributed by atoms with Gasteiger partial charge >= 0.3 is 0 Å². The molecule has 1 atom stereocenters. The van der Waals surface area contributed by atoms with Gasteiger partial charge in [-0.2, -0.15) is 0 Å². The molecule has 0 bridgehead atoms. The lowest BCUT2D eigenvalue weighted by molar-refractivity contribution is 0.601. The van der Waals surface area contributed by atoms with E-state index in [9.17, 15) is 0 Å². The van der Waals surface area contributed by atoms with Gasteiger partial charge in [-0.15, -0.1) is 0 Å². The maximum absolute atomic E-state index is 5.78. The van der Waals surface area contributed by atoms with Crippen LogP contribution < -0.4 is 5.73 Å². The molecular formula is C20H21N. The highest BCUT2D eigenvalue weighted by molar-refractivity contribution is 5.83. The van der Waals surface area contributed by atoms with Crippen LogP contribution in [0.3, 0.4) is 0 Å². The van der Waals surface area contributed by atoms with Crippen molar-refractivity contribution in [1.82, 2.24) is 0 Å². The second-order valence-corrected chi connectivity index (χ2v) is 5.61. The van der Waals surface area contributed by atoms with Crippen molar-refractivity contribution in [2.45, 2.75) is 19.3 Å². The van der Waals surface area contributed by atoms with Gasteiger partial charge in [-0.1, -0.05) is 60.7 Å². The fourth-order valence-corrected chi connectivity index (χ4v) is 2.92. The summed E-state index contributed by atoms with van der Waals surface area (Å²) in [5.74, 6) is 0.606. The van der Waals surface area contributed by atoms with Crippen molar-refractivity contribution in [3.8, 4) is 0 Å². The monoisotopic (exact) mass is 275 g/mol. The molecule has 1 heteroatoms. The minimum absolute atomic E-state index is 0.606. The Morgan fingerprint density at radius 3 is 2.38 bits per heavy atom. The van der Waals surface area contributed by atoms with E-state index in [2.05, 4.69) is 60.7 Å². The summed E-state index contributed by atoms with van der Waals surface area (Å²) in [6.07, 6.45) is 10.5. The van der Waals surface area contributed by atoms with Gasteiger partial charge in [0, 0.05) is 5.69 Å². The fourth-order valence-electron chi connectivity index (χ4n) is 2.92. The molecule has 2 N–H and O–H groups in total. The molecule has 3 rings (SSSR count). The third-order valence-electron chi connectivity index (χ3n) is 4.07. The largest absolute Gasteiger partial charge is 0.399 e. The maximum atomic E-state index is 5.78. The minimum Gasteiger partial charge on any atom is -0.399 e. The van der Waals surface area contributed by atoms with E-state index in [1.165, 1.54) is 29.5 Å². The van der Waals surface area contributed by atoms with Crippen LogP contribution >= 0.6 is 0 Å². The van der Waals surface area contributed by atoms with Gasteiger partial charge in [-0.05, 0) is 54.0 Å². The Bertz CT molecular complexity index is 635. The Morgan fingerprint density at radius 1 is 0.952 bits per heavy atom. The number of anilines is 1. The number of allylic oxidation sites excluding steroid dienone is 3. The highest BCUT2D eigenvalue weighted by Crippen LogP contribution is 2.34. The SMILES string of the molecule is Nc1ccc(C=C(c2ccccc2)C2CC=CCC2)cc1. The van der Waals surface area contributed by atoms with Crippen molar-refractivity contribution in [1.29, 1.82) is 0 Å². The molecule has 0 amide bonds. The quantitative estimate of drug-likeness (QED) is 0.467. The van der Waals surface area contributed by atoms with Crippen LogP contribution in [0.15, 0.2) is 66.7 Å². The Labute approximate surface area is 126 Å². The highest BCUT2D eigenvalue weighted by atomic mass is 14.5. The molecule has 2 aromatic carbocycles. The molecule has 1 unspecified atom stereocenters. The van der Waals surface area contributed by atoms with Gasteiger partial charge in [0.25, 0.3) is 0 Å². The van der Waals surface area contributed by atoms with Crippen molar-refractivity contribution in [2.75, 3.05) is 5.73 Å². The second-order valence-electron chi connectivity index (χ2n) is 5.61. The topological polar surface area (TPSA) is 26.0 Å². The molecule has 21 heavy (non-hydrogen) atoms. The van der Waals surface area contributed by atoms with Gasteiger partial charge in [0.15, 0.2) is 0 Å². The summed E-state index contributed by atoms with van der Waals surface area (Å²) in [5, 5.41) is 0. The van der Waals surface area contributed by atoms with Gasteiger partial charge in [0.2, 0.25) is 0 Å². The number of hydrogen-bond acceptors (Lipinski definition) is 1. The predicted molar refractivity (Wildman–Crippen MR) is 91.6 cm³/mol. The number of nitrogens with two attached hydrogens (primary N) is 1. The van der Waals surface area contributed by atoms with Gasteiger partial charge in [-0.25, -0.2) is 0 Å². The van der Waals surface area contributed by atoms with Crippen LogP contribution in [0.1, 0.15) is 30.4 Å². The minimum atomic E-state index is 0.606. The van der Waals surface area contributed by atoms with Crippen LogP contribution in [0.5, 0.6) is 0 Å². The standard InChI is InChI=1S/C20H21N/c21-19-13-11-16(12-14-19)15-20(17-7-3-1-4-8-17)18-9-5-2-6-10-18/h1-5,7-8,11-15,18H,6,9-10,21H2. The molecule has 0 fully saturated rings. The molecule has 0 spiro atoms. The summed E-state index contributed by atoms with van der Waals surface area (Å²) in [4.78, 5) is 0. The highest BCUT2D eigenvalue weighted by Gasteiger charge is 2.16. The first-order valence-electron chi connectivity index (χ1n) is 7.60. The average Bonchev–Trinajstić information content (AvgIpc) is 2.56. The van der Waals surface area contributed by atoms with Crippen molar-refractivity contribution < 1.29 is 0 Å². The Morgan fingerprint density at radius 2 is 1.71 bits per heavy atom. The predicted octanol–water partition coefficient (Wildman–Crippen LogP) is 5.17. The first-order chi connectivity index (χ1) is 10.3. The fraction of sp³-hybridized carbons (Fsp3) is 0.200. The van der Waals surface area contributed by atoms with Gasteiger partial charge in [0.05, 0.1) is 0 Å². The number of benzene rings is 2. The normalized spacial score (nSPS) is 18.7. The van der Waals surface area contributed by atoms with Crippen molar-refractivity contribution in [3.63, 3.8) is 0 Å². The summed E-state index contributed by atoms with van der Waals surface area (Å²) in [7, 11) is 0. The molecule has 1 aliphatic carbocycles. The molecule has 0 radical (unpaired) electrons. The van der Waals surface area contributed by atoms with Gasteiger partial charge < -0.3 is 5.73 Å². The van der Waals surface area contributed by atoms with E-state index in [0.29, 0.717) is 5.92 Å². The molecule has 2 aromatic rings. The van der Waals surface area contributed by atoms with Crippen LogP contribution in [0.4, 0.5) is 5.69 Å². The molecule has 0 saturated carbocycles. The Hall–Kier alpha value is -2.28. The smallest absolute Gasteiger partial charge is 0.0314 e. The third kappa shape index (κ3) is 3.43. The summed E-state index contributed by atoms with van der Waals surface area (Å²) in [5.41, 5.74) is 10.6. The van der Waals surface area contributed by atoms with E-state index >= 15 is 0 Å². The Balaban J connectivity index is 1.99. The first kappa shape index (κ1) is 13.7. The molecule has 0 aliphatic heterocycles. The van der Waals surface area contributed by atoms with Crippen molar-refractivity contribution >= 4 is 17.3 Å². The van der Waals surface area contributed by atoms with E-state index in [1.54, 1.807) is 0 Å². The lowest BCUT2D eigenvalue weighted by atomic mass is 9.83. The molecule has 1 nitrogen and oxygen atoms in total. The van der Waals surface area contributed by atoms with E-state index in [1.807, 2.05) is 12.1 Å². The van der Waals surface area contributed by atoms with Crippen molar-refractivity contribution in [3.05, 3.63) is 77.9 Å². The van der Waals surface area contributed by atoms with E-state index in [4.69, 9.17) is 5.73 Å². The van der Waals surface area contributed by atoms with E-state index in [0.717, 1.165) is 12.1 Å². The molecule has 106 valence electrons.